The van der Waals surface area contributed by atoms with Crippen LogP contribution in [-0.4, -0.2) is 24.8 Å². The average molecular weight is 570 g/mol. The van der Waals surface area contributed by atoms with E-state index >= 15 is 0 Å². The molecular formula is C26H21F6N3O3S. The van der Waals surface area contributed by atoms with Crippen LogP contribution < -0.4 is 9.88 Å². The summed E-state index contributed by atoms with van der Waals surface area (Å²) in [7, 11) is -4.68. The van der Waals surface area contributed by atoms with Crippen molar-refractivity contribution in [2.24, 2.45) is 5.14 Å². The number of rotatable bonds is 7. The van der Waals surface area contributed by atoms with Gasteiger partial charge in [-0.25, -0.2) is 17.9 Å². The molecule has 0 aliphatic carbocycles. The molecule has 39 heavy (non-hydrogen) atoms. The van der Waals surface area contributed by atoms with Crippen LogP contribution >= 0.6 is 0 Å². The van der Waals surface area contributed by atoms with Crippen LogP contribution in [0.4, 0.5) is 26.3 Å². The topological polar surface area (TPSA) is 87.2 Å². The second kappa shape index (κ2) is 10.4. The number of hydrogen-bond acceptors (Lipinski definition) is 4. The zero-order chi connectivity index (χ0) is 28.7. The van der Waals surface area contributed by atoms with Gasteiger partial charge in [-0.1, -0.05) is 18.2 Å². The third kappa shape index (κ3) is 5.93. The molecule has 2 N–H and O–H groups in total. The number of primary sulfonamides is 1. The number of aromatic nitrogens is 2. The lowest BCUT2D eigenvalue weighted by Crippen LogP contribution is -2.17. The molecule has 0 unspecified atom stereocenters. The van der Waals surface area contributed by atoms with Crippen molar-refractivity contribution >= 4 is 10.0 Å². The molecule has 0 aliphatic rings. The number of nitrogens with two attached hydrogens (primary N) is 1. The summed E-state index contributed by atoms with van der Waals surface area (Å²) in [6.07, 6.45) is -2.06. The molecular weight excluding hydrogens is 548 g/mol. The number of benzene rings is 3. The highest BCUT2D eigenvalue weighted by molar-refractivity contribution is 7.89. The van der Waals surface area contributed by atoms with Crippen molar-refractivity contribution in [3.63, 3.8) is 0 Å². The molecule has 0 saturated carbocycles. The summed E-state index contributed by atoms with van der Waals surface area (Å²) in [4.78, 5) is -0.810. The van der Waals surface area contributed by atoms with Gasteiger partial charge >= 0.3 is 12.8 Å². The fourth-order valence-corrected chi connectivity index (χ4v) is 4.91. The summed E-state index contributed by atoms with van der Waals surface area (Å²) < 4.78 is 114. The van der Waals surface area contributed by atoms with E-state index < -0.39 is 50.4 Å². The normalized spacial score (nSPS) is 12.4. The smallest absolute Gasteiger partial charge is 0.417 e. The molecule has 0 radical (unpaired) electrons. The van der Waals surface area contributed by atoms with Gasteiger partial charge in [0.15, 0.2) is 0 Å². The summed E-state index contributed by atoms with van der Waals surface area (Å²) in [5.41, 5.74) is -2.03. The van der Waals surface area contributed by atoms with Gasteiger partial charge in [0.2, 0.25) is 10.0 Å². The average Bonchev–Trinajstić information content (AvgIpc) is 3.33. The van der Waals surface area contributed by atoms with Crippen molar-refractivity contribution in [3.8, 4) is 39.1 Å². The summed E-state index contributed by atoms with van der Waals surface area (Å²) >= 11 is 0. The Hall–Kier alpha value is -3.84. The molecule has 13 heteroatoms. The molecule has 1 heterocycles. The molecule has 0 fully saturated rings. The SMILES string of the molecule is CC(C)n1cc(-c2ccc(-c3cc(F)ccc3OC(F)F)cc2-c2c(C(F)(F)F)cccc2S(N)(=O)=O)cn1. The standard InChI is InChI=1S/C26H21F6N3O3S/c1-14(2)35-13-16(12-34-35)18-8-6-15(19-11-17(27)7-9-22(19)38-25(28)29)10-20(18)24-21(26(30,31)32)4-3-5-23(24)39(33,36)37/h3-14,25H,1-2H3,(H2,33,36,37). The van der Waals surface area contributed by atoms with Gasteiger partial charge < -0.3 is 4.74 Å². The van der Waals surface area contributed by atoms with Crippen LogP contribution in [0.2, 0.25) is 0 Å². The molecule has 0 aliphatic heterocycles. The minimum Gasteiger partial charge on any atom is -0.434 e. The minimum absolute atomic E-state index is 0.0162. The van der Waals surface area contributed by atoms with E-state index in [0.29, 0.717) is 11.6 Å². The van der Waals surface area contributed by atoms with Crippen LogP contribution in [0.5, 0.6) is 5.75 Å². The van der Waals surface area contributed by atoms with Gasteiger partial charge in [-0.05, 0) is 66.9 Å². The second-order valence-corrected chi connectivity index (χ2v) is 10.3. The van der Waals surface area contributed by atoms with Gasteiger partial charge in [-0.3, -0.25) is 4.68 Å². The number of nitrogens with zero attached hydrogens (tertiary/aromatic N) is 2. The van der Waals surface area contributed by atoms with Gasteiger partial charge in [0.25, 0.3) is 0 Å². The van der Waals surface area contributed by atoms with E-state index in [1.54, 1.807) is 10.9 Å². The lowest BCUT2D eigenvalue weighted by Gasteiger charge is -2.20. The highest BCUT2D eigenvalue weighted by atomic mass is 32.2. The third-order valence-corrected chi connectivity index (χ3v) is 6.79. The fraction of sp³-hybridized carbons (Fsp3) is 0.192. The zero-order valence-electron chi connectivity index (χ0n) is 20.4. The van der Waals surface area contributed by atoms with E-state index in [-0.39, 0.29) is 28.3 Å². The largest absolute Gasteiger partial charge is 0.434 e. The molecule has 0 bridgehead atoms. The van der Waals surface area contributed by atoms with Crippen molar-refractivity contribution in [3.05, 3.63) is 78.4 Å². The summed E-state index contributed by atoms with van der Waals surface area (Å²) in [5.74, 6) is -1.26. The molecule has 3 aromatic carbocycles. The lowest BCUT2D eigenvalue weighted by atomic mass is 9.89. The van der Waals surface area contributed by atoms with Gasteiger partial charge in [-0.2, -0.15) is 27.1 Å². The Morgan fingerprint density at radius 1 is 0.949 bits per heavy atom. The second-order valence-electron chi connectivity index (χ2n) is 8.80. The Morgan fingerprint density at radius 3 is 2.26 bits per heavy atom. The predicted octanol–water partition coefficient (Wildman–Crippen LogP) is 6.87. The number of sulfonamides is 1. The van der Waals surface area contributed by atoms with Gasteiger partial charge in [0.05, 0.1) is 16.7 Å². The van der Waals surface area contributed by atoms with E-state index in [4.69, 9.17) is 5.14 Å². The van der Waals surface area contributed by atoms with Gasteiger partial charge in [-0.15, -0.1) is 0 Å². The molecule has 1 aromatic heterocycles. The van der Waals surface area contributed by atoms with Crippen molar-refractivity contribution < 1.29 is 39.5 Å². The quantitative estimate of drug-likeness (QED) is 0.246. The van der Waals surface area contributed by atoms with Crippen molar-refractivity contribution in [1.82, 2.24) is 9.78 Å². The summed E-state index contributed by atoms with van der Waals surface area (Å²) in [6, 6.07) is 9.03. The van der Waals surface area contributed by atoms with Crippen molar-refractivity contribution in [2.75, 3.05) is 0 Å². The maximum absolute atomic E-state index is 14.2. The van der Waals surface area contributed by atoms with E-state index in [2.05, 4.69) is 9.84 Å². The van der Waals surface area contributed by atoms with E-state index in [1.165, 1.54) is 18.3 Å². The van der Waals surface area contributed by atoms with E-state index in [9.17, 15) is 34.8 Å². The molecule has 0 saturated heterocycles. The molecule has 6 nitrogen and oxygen atoms in total. The van der Waals surface area contributed by atoms with Crippen LogP contribution in [0.1, 0.15) is 25.5 Å². The monoisotopic (exact) mass is 569 g/mol. The van der Waals surface area contributed by atoms with Crippen molar-refractivity contribution in [1.29, 1.82) is 0 Å². The highest BCUT2D eigenvalue weighted by Gasteiger charge is 2.37. The first kappa shape index (κ1) is 28.2. The molecule has 0 spiro atoms. The molecule has 0 amide bonds. The predicted molar refractivity (Wildman–Crippen MR) is 132 cm³/mol. The number of hydrogen-bond donors (Lipinski definition) is 1. The minimum atomic E-state index is -5.01. The van der Waals surface area contributed by atoms with Gasteiger partial charge in [0.1, 0.15) is 11.6 Å². The number of halogens is 6. The van der Waals surface area contributed by atoms with Crippen LogP contribution in [0.3, 0.4) is 0 Å². The highest BCUT2D eigenvalue weighted by Crippen LogP contribution is 2.46. The molecule has 206 valence electrons. The van der Waals surface area contributed by atoms with Crippen LogP contribution in [0.15, 0.2) is 71.9 Å². The molecule has 4 rings (SSSR count). The zero-order valence-corrected chi connectivity index (χ0v) is 21.2. The maximum Gasteiger partial charge on any atom is 0.417 e. The fourth-order valence-electron chi connectivity index (χ4n) is 4.14. The summed E-state index contributed by atoms with van der Waals surface area (Å²) in [5, 5.41) is 9.53. The first-order valence-corrected chi connectivity index (χ1v) is 12.9. The first-order valence-electron chi connectivity index (χ1n) is 11.3. The van der Waals surface area contributed by atoms with Crippen molar-refractivity contribution in [2.45, 2.75) is 37.6 Å². The lowest BCUT2D eigenvalue weighted by molar-refractivity contribution is -0.137. The Morgan fingerprint density at radius 2 is 1.67 bits per heavy atom. The molecule has 4 aromatic rings. The Balaban J connectivity index is 2.12. The summed E-state index contributed by atoms with van der Waals surface area (Å²) in [6.45, 7) is 0.385. The van der Waals surface area contributed by atoms with E-state index in [0.717, 1.165) is 36.4 Å². The Labute approximate surface area is 219 Å². The maximum atomic E-state index is 14.2. The number of alkyl halides is 5. The first-order chi connectivity index (χ1) is 18.2. The van der Waals surface area contributed by atoms with E-state index in [1.807, 2.05) is 13.8 Å². The van der Waals surface area contributed by atoms with Gasteiger partial charge in [0, 0.05) is 28.9 Å². The third-order valence-electron chi connectivity index (χ3n) is 5.84. The number of ether oxygens (including phenoxy) is 1. The Bertz CT molecular complexity index is 1630. The van der Waals surface area contributed by atoms with Crippen LogP contribution in [0, 0.1) is 5.82 Å². The Kier molecular flexibility index (Phi) is 7.50. The van der Waals surface area contributed by atoms with Crippen LogP contribution in [-0.2, 0) is 16.2 Å². The molecule has 0 atom stereocenters. The van der Waals surface area contributed by atoms with Crippen LogP contribution in [0.25, 0.3) is 33.4 Å².